The molecule has 0 aromatic rings. The van der Waals surface area contributed by atoms with Crippen LogP contribution in [-0.4, -0.2) is 39.4 Å². The highest BCUT2D eigenvalue weighted by molar-refractivity contribution is 5.79. The third-order valence-corrected chi connectivity index (χ3v) is 1.76. The second kappa shape index (κ2) is 5.24. The van der Waals surface area contributed by atoms with Crippen LogP contribution in [0, 0.1) is 0 Å². The molecule has 4 heteroatoms. The van der Waals surface area contributed by atoms with Crippen LogP contribution >= 0.6 is 0 Å². The fourth-order valence-corrected chi connectivity index (χ4v) is 0.773. The Morgan fingerprint density at radius 1 is 1.25 bits per heavy atom. The van der Waals surface area contributed by atoms with Crippen LogP contribution in [-0.2, 0) is 4.79 Å². The van der Waals surface area contributed by atoms with Crippen LogP contribution in [0.1, 0.15) is 26.7 Å². The summed E-state index contributed by atoms with van der Waals surface area (Å²) in [5.41, 5.74) is 0. The lowest BCUT2D eigenvalue weighted by Crippen LogP contribution is -2.26. The van der Waals surface area contributed by atoms with Gasteiger partial charge in [0.05, 0.1) is 12.2 Å². The fraction of sp³-hybridized carbons (Fsp3) is 0.875. The van der Waals surface area contributed by atoms with Crippen molar-refractivity contribution in [3.8, 4) is 0 Å². The van der Waals surface area contributed by atoms with Crippen molar-refractivity contribution in [1.29, 1.82) is 0 Å². The van der Waals surface area contributed by atoms with Crippen molar-refractivity contribution in [1.82, 2.24) is 0 Å². The lowest BCUT2D eigenvalue weighted by atomic mass is 10.0. The van der Waals surface area contributed by atoms with E-state index in [2.05, 4.69) is 0 Å². The van der Waals surface area contributed by atoms with Crippen LogP contribution in [0.3, 0.4) is 0 Å². The Hall–Kier alpha value is -0.450. The summed E-state index contributed by atoms with van der Waals surface area (Å²) >= 11 is 0. The molecule has 0 saturated carbocycles. The molecule has 0 saturated heterocycles. The largest absolute Gasteiger partial charge is 0.391 e. The van der Waals surface area contributed by atoms with Crippen LogP contribution in [0.15, 0.2) is 0 Å². The lowest BCUT2D eigenvalue weighted by molar-refractivity contribution is -0.125. The van der Waals surface area contributed by atoms with Crippen molar-refractivity contribution in [2.24, 2.45) is 0 Å². The van der Waals surface area contributed by atoms with Gasteiger partial charge in [0.25, 0.3) is 0 Å². The summed E-state index contributed by atoms with van der Waals surface area (Å²) in [4.78, 5) is 10.5. The van der Waals surface area contributed by atoms with E-state index in [0.29, 0.717) is 0 Å². The number of hydrogen-bond acceptors (Lipinski definition) is 4. The first-order valence-electron chi connectivity index (χ1n) is 3.99. The molecule has 0 bridgehead atoms. The first kappa shape index (κ1) is 11.6. The molecule has 0 aromatic heterocycles. The Labute approximate surface area is 71.8 Å². The highest BCUT2D eigenvalue weighted by atomic mass is 16.3. The summed E-state index contributed by atoms with van der Waals surface area (Å²) in [7, 11) is 0. The Balaban J connectivity index is 3.61. The summed E-state index contributed by atoms with van der Waals surface area (Å²) in [6, 6.07) is 0. The van der Waals surface area contributed by atoms with Gasteiger partial charge in [-0.3, -0.25) is 4.79 Å². The topological polar surface area (TPSA) is 77.8 Å². The highest BCUT2D eigenvalue weighted by Crippen LogP contribution is 2.05. The molecule has 0 rings (SSSR count). The summed E-state index contributed by atoms with van der Waals surface area (Å²) < 4.78 is 0. The molecule has 3 N–H and O–H groups in total. The van der Waals surface area contributed by atoms with E-state index < -0.39 is 18.3 Å². The zero-order valence-corrected chi connectivity index (χ0v) is 7.40. The van der Waals surface area contributed by atoms with Gasteiger partial charge in [-0.1, -0.05) is 0 Å². The third kappa shape index (κ3) is 4.43. The smallest absolute Gasteiger partial charge is 0.158 e. The van der Waals surface area contributed by atoms with Crippen LogP contribution in [0.5, 0.6) is 0 Å². The summed E-state index contributed by atoms with van der Waals surface area (Å²) in [6.07, 6.45) is -2.26. The molecule has 3 unspecified atom stereocenters. The zero-order valence-electron chi connectivity index (χ0n) is 7.40. The quantitative estimate of drug-likeness (QED) is 0.525. The van der Waals surface area contributed by atoms with E-state index in [4.69, 9.17) is 15.3 Å². The molecular formula is C8H16O4. The van der Waals surface area contributed by atoms with Gasteiger partial charge in [0.15, 0.2) is 5.78 Å². The van der Waals surface area contributed by atoms with Crippen LogP contribution in [0.2, 0.25) is 0 Å². The van der Waals surface area contributed by atoms with E-state index in [0.717, 1.165) is 0 Å². The Bertz CT molecular complexity index is 144. The number of aliphatic hydroxyl groups excluding tert-OH is 3. The standard InChI is InChI=1S/C8H16O4/c1-5(9)7(11)3-4-8(12)6(2)10/h5,7-9,11-12H,3-4H2,1-2H3. The van der Waals surface area contributed by atoms with Gasteiger partial charge in [-0.2, -0.15) is 0 Å². The minimum absolute atomic E-state index is 0.196. The molecule has 0 radical (unpaired) electrons. The molecule has 3 atom stereocenters. The molecule has 0 aliphatic rings. The van der Waals surface area contributed by atoms with Gasteiger partial charge in [0.2, 0.25) is 0 Å². The van der Waals surface area contributed by atoms with Crippen molar-refractivity contribution >= 4 is 5.78 Å². The molecule has 0 aromatic carbocycles. The predicted molar refractivity (Wildman–Crippen MR) is 43.6 cm³/mol. The van der Waals surface area contributed by atoms with Crippen LogP contribution in [0.4, 0.5) is 0 Å². The second-order valence-corrected chi connectivity index (χ2v) is 3.01. The van der Waals surface area contributed by atoms with E-state index in [1.165, 1.54) is 13.8 Å². The number of aliphatic hydroxyl groups is 3. The predicted octanol–water partition coefficient (Wildman–Crippen LogP) is -0.542. The van der Waals surface area contributed by atoms with Gasteiger partial charge in [-0.05, 0) is 26.7 Å². The number of Topliss-reactive ketones (excluding diaryl/α,β-unsaturated/α-hetero) is 1. The van der Waals surface area contributed by atoms with Gasteiger partial charge in [-0.15, -0.1) is 0 Å². The molecule has 0 fully saturated rings. The SMILES string of the molecule is CC(=O)C(O)CCC(O)C(C)O. The second-order valence-electron chi connectivity index (χ2n) is 3.01. The minimum atomic E-state index is -1.02. The van der Waals surface area contributed by atoms with Crippen molar-refractivity contribution in [2.75, 3.05) is 0 Å². The first-order valence-corrected chi connectivity index (χ1v) is 3.99. The van der Waals surface area contributed by atoms with Crippen molar-refractivity contribution in [3.05, 3.63) is 0 Å². The number of rotatable bonds is 5. The van der Waals surface area contributed by atoms with Crippen molar-refractivity contribution in [2.45, 2.75) is 45.0 Å². The van der Waals surface area contributed by atoms with E-state index in [1.54, 1.807) is 0 Å². The lowest BCUT2D eigenvalue weighted by Gasteiger charge is -2.14. The average molecular weight is 176 g/mol. The molecule has 0 aliphatic heterocycles. The van der Waals surface area contributed by atoms with Gasteiger partial charge < -0.3 is 15.3 Å². The number of hydrogen-bond donors (Lipinski definition) is 3. The summed E-state index contributed by atoms with van der Waals surface area (Å²) in [5.74, 6) is -0.312. The van der Waals surface area contributed by atoms with Crippen molar-refractivity contribution in [3.63, 3.8) is 0 Å². The number of carbonyl (C=O) groups is 1. The van der Waals surface area contributed by atoms with Gasteiger partial charge in [0.1, 0.15) is 6.10 Å². The minimum Gasteiger partial charge on any atom is -0.391 e. The normalized spacial score (nSPS) is 18.4. The molecule has 72 valence electrons. The zero-order chi connectivity index (χ0) is 9.72. The van der Waals surface area contributed by atoms with Crippen molar-refractivity contribution < 1.29 is 20.1 Å². The maximum atomic E-state index is 10.5. The number of ketones is 1. The van der Waals surface area contributed by atoms with Gasteiger partial charge in [-0.25, -0.2) is 0 Å². The summed E-state index contributed by atoms with van der Waals surface area (Å²) in [5, 5.41) is 27.0. The Morgan fingerprint density at radius 3 is 2.08 bits per heavy atom. The van der Waals surface area contributed by atoms with Crippen LogP contribution in [0.25, 0.3) is 0 Å². The molecule has 0 heterocycles. The van der Waals surface area contributed by atoms with E-state index >= 15 is 0 Å². The first-order chi connectivity index (χ1) is 5.45. The van der Waals surface area contributed by atoms with E-state index in [9.17, 15) is 4.79 Å². The van der Waals surface area contributed by atoms with Crippen LogP contribution < -0.4 is 0 Å². The van der Waals surface area contributed by atoms with Gasteiger partial charge >= 0.3 is 0 Å². The van der Waals surface area contributed by atoms with Gasteiger partial charge in [0, 0.05) is 0 Å². The fourth-order valence-electron chi connectivity index (χ4n) is 0.773. The average Bonchev–Trinajstić information content (AvgIpc) is 1.98. The molecule has 0 spiro atoms. The molecule has 0 aliphatic carbocycles. The molecule has 4 nitrogen and oxygen atoms in total. The Kier molecular flexibility index (Phi) is 5.04. The number of carbonyl (C=O) groups excluding carboxylic acids is 1. The molecular weight excluding hydrogens is 160 g/mol. The van der Waals surface area contributed by atoms with E-state index in [1.807, 2.05) is 0 Å². The third-order valence-electron chi connectivity index (χ3n) is 1.76. The van der Waals surface area contributed by atoms with E-state index in [-0.39, 0.29) is 18.6 Å². The maximum Gasteiger partial charge on any atom is 0.158 e. The summed E-state index contributed by atoms with van der Waals surface area (Å²) in [6.45, 7) is 2.75. The monoisotopic (exact) mass is 176 g/mol. The molecule has 0 amide bonds. The molecule has 12 heavy (non-hydrogen) atoms. The maximum absolute atomic E-state index is 10.5. The highest BCUT2D eigenvalue weighted by Gasteiger charge is 2.15. The Morgan fingerprint density at radius 2 is 1.75 bits per heavy atom.